The molecule has 3 rings (SSSR count). The number of thioether (sulfide) groups is 1. The molecule has 0 bridgehead atoms. The van der Waals surface area contributed by atoms with Gasteiger partial charge in [-0.05, 0) is 42.0 Å². The van der Waals surface area contributed by atoms with Crippen LogP contribution in [-0.2, 0) is 11.4 Å². The molecule has 1 fully saturated rings. The summed E-state index contributed by atoms with van der Waals surface area (Å²) in [5.74, 6) is -0.143. The zero-order valence-corrected chi connectivity index (χ0v) is 14.5. The van der Waals surface area contributed by atoms with Gasteiger partial charge in [-0.2, -0.15) is 0 Å². The van der Waals surface area contributed by atoms with Gasteiger partial charge in [0.25, 0.3) is 16.8 Å². The van der Waals surface area contributed by atoms with Crippen LogP contribution in [0.5, 0.6) is 5.75 Å². The van der Waals surface area contributed by atoms with Gasteiger partial charge >= 0.3 is 0 Å². The average molecular weight is 370 g/mol. The number of non-ortho nitro benzene ring substituents is 1. The number of nitrogens with one attached hydrogen (secondary N) is 1. The van der Waals surface area contributed by atoms with Crippen molar-refractivity contribution >= 4 is 34.7 Å². The Morgan fingerprint density at radius 3 is 2.65 bits per heavy atom. The van der Waals surface area contributed by atoms with Crippen molar-refractivity contribution in [3.05, 3.63) is 74.2 Å². The molecule has 1 aliphatic heterocycles. The molecule has 2 amide bonds. The van der Waals surface area contributed by atoms with Crippen molar-refractivity contribution in [2.24, 2.45) is 0 Å². The van der Waals surface area contributed by atoms with E-state index in [1.807, 2.05) is 31.2 Å². The zero-order chi connectivity index (χ0) is 18.7. The second kappa shape index (κ2) is 7.40. The first kappa shape index (κ1) is 17.7. The fourth-order valence-electron chi connectivity index (χ4n) is 2.38. The standard InChI is InChI=1S/C18H14N2O5S/c1-11-4-2-3-5-12(11)10-25-15-7-6-14(20(23)24)8-13(15)9-16-17(21)19-18(22)26-16/h2-9H,10H2,1H3,(H,19,21,22)/b16-9-. The number of nitro groups is 1. The molecule has 1 N–H and O–H groups in total. The van der Waals surface area contributed by atoms with Gasteiger partial charge in [-0.1, -0.05) is 24.3 Å². The number of carbonyl (C=O) groups is 2. The van der Waals surface area contributed by atoms with Gasteiger partial charge in [-0.3, -0.25) is 25.0 Å². The van der Waals surface area contributed by atoms with Crippen molar-refractivity contribution in [2.45, 2.75) is 13.5 Å². The summed E-state index contributed by atoms with van der Waals surface area (Å²) in [5.41, 5.74) is 2.27. The van der Waals surface area contributed by atoms with Crippen molar-refractivity contribution in [1.82, 2.24) is 5.32 Å². The fourth-order valence-corrected chi connectivity index (χ4v) is 3.06. The van der Waals surface area contributed by atoms with Crippen LogP contribution in [0.1, 0.15) is 16.7 Å². The number of hydrogen-bond donors (Lipinski definition) is 1. The zero-order valence-electron chi connectivity index (χ0n) is 13.7. The Kier molecular flexibility index (Phi) is 5.04. The van der Waals surface area contributed by atoms with E-state index in [1.165, 1.54) is 24.3 Å². The van der Waals surface area contributed by atoms with E-state index in [4.69, 9.17) is 4.74 Å². The van der Waals surface area contributed by atoms with Crippen LogP contribution in [0, 0.1) is 17.0 Å². The second-order valence-corrected chi connectivity index (χ2v) is 6.56. The molecular weight excluding hydrogens is 356 g/mol. The van der Waals surface area contributed by atoms with Crippen LogP contribution < -0.4 is 10.1 Å². The molecule has 1 heterocycles. The average Bonchev–Trinajstić information content (AvgIpc) is 2.92. The van der Waals surface area contributed by atoms with Crippen LogP contribution in [0.2, 0.25) is 0 Å². The molecule has 132 valence electrons. The van der Waals surface area contributed by atoms with E-state index in [1.54, 1.807) is 0 Å². The molecule has 26 heavy (non-hydrogen) atoms. The number of amides is 2. The number of hydrogen-bond acceptors (Lipinski definition) is 6. The van der Waals surface area contributed by atoms with E-state index >= 15 is 0 Å². The SMILES string of the molecule is Cc1ccccc1COc1ccc([N+](=O)[O-])cc1/C=C1\SC(=O)NC1=O. The lowest BCUT2D eigenvalue weighted by molar-refractivity contribution is -0.384. The molecule has 2 aromatic rings. The van der Waals surface area contributed by atoms with Crippen molar-refractivity contribution in [2.75, 3.05) is 0 Å². The van der Waals surface area contributed by atoms with E-state index in [9.17, 15) is 19.7 Å². The Morgan fingerprint density at radius 1 is 1.23 bits per heavy atom. The van der Waals surface area contributed by atoms with Crippen LogP contribution >= 0.6 is 11.8 Å². The first-order chi connectivity index (χ1) is 12.4. The minimum Gasteiger partial charge on any atom is -0.488 e. The maximum Gasteiger partial charge on any atom is 0.290 e. The van der Waals surface area contributed by atoms with E-state index in [0.29, 0.717) is 11.3 Å². The predicted molar refractivity (Wildman–Crippen MR) is 97.7 cm³/mol. The quantitative estimate of drug-likeness (QED) is 0.488. The topological polar surface area (TPSA) is 98.5 Å². The number of nitro benzene ring substituents is 1. The van der Waals surface area contributed by atoms with Crippen molar-refractivity contribution in [1.29, 1.82) is 0 Å². The van der Waals surface area contributed by atoms with Gasteiger partial charge in [0, 0.05) is 17.7 Å². The van der Waals surface area contributed by atoms with Crippen molar-refractivity contribution < 1.29 is 19.2 Å². The van der Waals surface area contributed by atoms with Crippen LogP contribution in [0.4, 0.5) is 10.5 Å². The van der Waals surface area contributed by atoms with Crippen LogP contribution in [0.3, 0.4) is 0 Å². The highest BCUT2D eigenvalue weighted by Gasteiger charge is 2.26. The summed E-state index contributed by atoms with van der Waals surface area (Å²) < 4.78 is 5.82. The van der Waals surface area contributed by atoms with Crippen molar-refractivity contribution in [3.63, 3.8) is 0 Å². The van der Waals surface area contributed by atoms with Gasteiger partial charge in [0.15, 0.2) is 0 Å². The minimum atomic E-state index is -0.531. The maximum absolute atomic E-state index is 11.7. The highest BCUT2D eigenvalue weighted by Crippen LogP contribution is 2.32. The van der Waals surface area contributed by atoms with E-state index in [-0.39, 0.29) is 17.2 Å². The van der Waals surface area contributed by atoms with Crippen LogP contribution in [-0.4, -0.2) is 16.1 Å². The summed E-state index contributed by atoms with van der Waals surface area (Å²) in [7, 11) is 0. The molecule has 8 heteroatoms. The van der Waals surface area contributed by atoms with Gasteiger partial charge < -0.3 is 4.74 Å². The first-order valence-electron chi connectivity index (χ1n) is 7.64. The molecule has 7 nitrogen and oxygen atoms in total. The Morgan fingerprint density at radius 2 is 2.00 bits per heavy atom. The summed E-state index contributed by atoms with van der Waals surface area (Å²) in [4.78, 5) is 33.7. The molecule has 0 unspecified atom stereocenters. The molecule has 1 aliphatic rings. The fraction of sp³-hybridized carbons (Fsp3) is 0.111. The third kappa shape index (κ3) is 3.92. The molecular formula is C18H14N2O5S. The molecule has 1 saturated heterocycles. The van der Waals surface area contributed by atoms with Gasteiger partial charge in [-0.15, -0.1) is 0 Å². The minimum absolute atomic E-state index is 0.130. The number of nitrogens with zero attached hydrogens (tertiary/aromatic N) is 1. The molecule has 0 aliphatic carbocycles. The number of carbonyl (C=O) groups excluding carboxylic acids is 2. The lowest BCUT2D eigenvalue weighted by atomic mass is 10.1. The molecule has 0 aromatic heterocycles. The Bertz CT molecular complexity index is 939. The third-order valence-corrected chi connectivity index (χ3v) is 4.59. The number of imide groups is 1. The summed E-state index contributed by atoms with van der Waals surface area (Å²) in [6, 6.07) is 11.9. The largest absolute Gasteiger partial charge is 0.488 e. The number of ether oxygens (including phenoxy) is 1. The highest BCUT2D eigenvalue weighted by molar-refractivity contribution is 8.18. The van der Waals surface area contributed by atoms with Gasteiger partial charge in [0.2, 0.25) is 0 Å². The molecule has 0 saturated carbocycles. The summed E-state index contributed by atoms with van der Waals surface area (Å²) in [5, 5.41) is 12.7. The monoisotopic (exact) mass is 370 g/mol. The van der Waals surface area contributed by atoms with E-state index in [2.05, 4.69) is 5.32 Å². The Labute approximate surface area is 153 Å². The first-order valence-corrected chi connectivity index (χ1v) is 8.46. The maximum atomic E-state index is 11.7. The summed E-state index contributed by atoms with van der Waals surface area (Å²) >= 11 is 0.744. The Hall–Kier alpha value is -3.13. The van der Waals surface area contributed by atoms with E-state index in [0.717, 1.165) is 22.9 Å². The van der Waals surface area contributed by atoms with Gasteiger partial charge in [0.1, 0.15) is 12.4 Å². The summed E-state index contributed by atoms with van der Waals surface area (Å²) in [6.07, 6.45) is 1.42. The predicted octanol–water partition coefficient (Wildman–Crippen LogP) is 3.81. The lowest BCUT2D eigenvalue weighted by Crippen LogP contribution is -2.17. The second-order valence-electron chi connectivity index (χ2n) is 5.55. The third-order valence-electron chi connectivity index (χ3n) is 3.78. The van der Waals surface area contributed by atoms with Gasteiger partial charge in [0.05, 0.1) is 9.83 Å². The number of rotatable bonds is 5. The molecule has 2 aromatic carbocycles. The lowest BCUT2D eigenvalue weighted by Gasteiger charge is -2.11. The summed E-state index contributed by atoms with van der Waals surface area (Å²) in [6.45, 7) is 2.24. The number of benzene rings is 2. The van der Waals surface area contributed by atoms with Crippen LogP contribution in [0.25, 0.3) is 6.08 Å². The Balaban J connectivity index is 1.93. The van der Waals surface area contributed by atoms with Gasteiger partial charge in [-0.25, -0.2) is 0 Å². The van der Waals surface area contributed by atoms with Crippen molar-refractivity contribution in [3.8, 4) is 5.75 Å². The normalized spacial score (nSPS) is 15.2. The smallest absolute Gasteiger partial charge is 0.290 e. The molecule has 0 atom stereocenters. The molecule has 0 spiro atoms. The van der Waals surface area contributed by atoms with Crippen LogP contribution in [0.15, 0.2) is 47.4 Å². The van der Waals surface area contributed by atoms with E-state index < -0.39 is 16.1 Å². The highest BCUT2D eigenvalue weighted by atomic mass is 32.2. The molecule has 0 radical (unpaired) electrons. The number of aryl methyl sites for hydroxylation is 1.